The molecule has 1 aromatic rings. The van der Waals surface area contributed by atoms with Crippen LogP contribution in [0.5, 0.6) is 5.75 Å². The van der Waals surface area contributed by atoms with Crippen LogP contribution in [0.2, 0.25) is 0 Å². The Bertz CT molecular complexity index is 874. The van der Waals surface area contributed by atoms with Crippen molar-refractivity contribution in [1.82, 2.24) is 15.1 Å². The van der Waals surface area contributed by atoms with Crippen molar-refractivity contribution in [2.24, 2.45) is 0 Å². The first kappa shape index (κ1) is 20.2. The fourth-order valence-electron chi connectivity index (χ4n) is 6.08. The molecular weight excluding hydrogens is 370 g/mol. The lowest BCUT2D eigenvalue weighted by atomic mass is 9.50. The Labute approximate surface area is 171 Å². The van der Waals surface area contributed by atoms with Crippen LogP contribution < -0.4 is 5.32 Å². The lowest BCUT2D eigenvalue weighted by Gasteiger charge is -2.62. The predicted molar refractivity (Wildman–Crippen MR) is 109 cm³/mol. The fourth-order valence-corrected chi connectivity index (χ4v) is 6.08. The zero-order valence-corrected chi connectivity index (χ0v) is 17.7. The van der Waals surface area contributed by atoms with Crippen LogP contribution in [0.4, 0.5) is 4.79 Å². The average molecular weight is 402 g/mol. The average Bonchev–Trinajstić information content (AvgIpc) is 2.91. The van der Waals surface area contributed by atoms with Gasteiger partial charge in [0.25, 0.3) is 5.91 Å². The number of carbonyl (C=O) groups is 2. The molecule has 3 N–H and O–H groups in total. The van der Waals surface area contributed by atoms with E-state index in [1.54, 1.807) is 19.1 Å². The molecule has 1 spiro atoms. The van der Waals surface area contributed by atoms with E-state index in [2.05, 4.69) is 10.2 Å². The molecule has 7 nitrogen and oxygen atoms in total. The highest BCUT2D eigenvalue weighted by atomic mass is 16.3. The summed E-state index contributed by atoms with van der Waals surface area (Å²) in [4.78, 5) is 29.2. The first-order chi connectivity index (χ1) is 13.6. The Morgan fingerprint density at radius 1 is 1.24 bits per heavy atom. The standard InChI is InChI=1S/C22H31N3O4/c1-5-25-18(27)21(23-19(25)28)8-9-22(29)15(3)24(4)11-10-20(22,13-21)17-12-16(26)7-6-14(17)2/h6-7,12,15,26,29H,5,8-11,13H2,1-4H3,(H,23,28)/t15-,20-,21+,22-/m1/s1. The summed E-state index contributed by atoms with van der Waals surface area (Å²) in [6.07, 6.45) is 1.78. The number of benzene rings is 1. The van der Waals surface area contributed by atoms with Gasteiger partial charge in [0.15, 0.2) is 0 Å². The number of nitrogens with zero attached hydrogens (tertiary/aromatic N) is 2. The quantitative estimate of drug-likeness (QED) is 0.658. The molecule has 1 aromatic carbocycles. The fraction of sp³-hybridized carbons (Fsp3) is 0.636. The van der Waals surface area contributed by atoms with Gasteiger partial charge >= 0.3 is 6.03 Å². The Kier molecular flexibility index (Phi) is 4.48. The van der Waals surface area contributed by atoms with E-state index in [1.807, 2.05) is 27.0 Å². The maximum Gasteiger partial charge on any atom is 0.325 e. The van der Waals surface area contributed by atoms with Crippen LogP contribution in [-0.4, -0.2) is 69.3 Å². The van der Waals surface area contributed by atoms with Crippen molar-refractivity contribution in [3.8, 4) is 5.75 Å². The number of nitrogens with one attached hydrogen (secondary N) is 1. The third-order valence-electron chi connectivity index (χ3n) is 7.91. The van der Waals surface area contributed by atoms with Crippen LogP contribution in [0.3, 0.4) is 0 Å². The maximum absolute atomic E-state index is 13.3. The molecule has 3 fully saturated rings. The summed E-state index contributed by atoms with van der Waals surface area (Å²) in [6, 6.07) is 4.76. The molecule has 158 valence electrons. The van der Waals surface area contributed by atoms with Gasteiger partial charge in [0.2, 0.25) is 0 Å². The molecule has 2 aliphatic heterocycles. The van der Waals surface area contributed by atoms with Gasteiger partial charge in [0.05, 0.1) is 5.60 Å². The SMILES string of the molecule is CCN1C(=O)N[C@]2(CC[C@@]3(O)[C@@H](C)N(C)CC[C@]3(c3cc(O)ccc3C)C2)C1=O. The summed E-state index contributed by atoms with van der Waals surface area (Å²) < 4.78 is 0. The minimum absolute atomic E-state index is 0.121. The molecule has 3 amide bonds. The van der Waals surface area contributed by atoms with E-state index in [1.165, 1.54) is 4.90 Å². The number of aryl methyl sites for hydroxylation is 1. The zero-order valence-electron chi connectivity index (χ0n) is 17.7. The molecule has 3 aliphatic rings. The van der Waals surface area contributed by atoms with Crippen LogP contribution in [0.1, 0.15) is 50.7 Å². The number of carbonyl (C=O) groups excluding carboxylic acids is 2. The molecule has 2 heterocycles. The van der Waals surface area contributed by atoms with E-state index in [4.69, 9.17) is 0 Å². The van der Waals surface area contributed by atoms with Crippen molar-refractivity contribution >= 4 is 11.9 Å². The number of imide groups is 1. The van der Waals surface area contributed by atoms with Gasteiger partial charge < -0.3 is 20.4 Å². The van der Waals surface area contributed by atoms with Crippen LogP contribution in [0.25, 0.3) is 0 Å². The van der Waals surface area contributed by atoms with E-state index in [-0.39, 0.29) is 23.7 Å². The third-order valence-corrected chi connectivity index (χ3v) is 7.91. The van der Waals surface area contributed by atoms with Crippen molar-refractivity contribution in [2.75, 3.05) is 20.1 Å². The van der Waals surface area contributed by atoms with E-state index >= 15 is 0 Å². The van der Waals surface area contributed by atoms with Crippen molar-refractivity contribution in [3.05, 3.63) is 29.3 Å². The van der Waals surface area contributed by atoms with E-state index in [9.17, 15) is 19.8 Å². The summed E-state index contributed by atoms with van der Waals surface area (Å²) in [7, 11) is 2.01. The zero-order chi connectivity index (χ0) is 21.2. The van der Waals surface area contributed by atoms with E-state index in [0.29, 0.717) is 32.2 Å². The van der Waals surface area contributed by atoms with Crippen molar-refractivity contribution < 1.29 is 19.8 Å². The summed E-state index contributed by atoms with van der Waals surface area (Å²) in [6.45, 7) is 6.88. The topological polar surface area (TPSA) is 93.1 Å². The van der Waals surface area contributed by atoms with Gasteiger partial charge in [-0.3, -0.25) is 9.69 Å². The van der Waals surface area contributed by atoms with Crippen molar-refractivity contribution in [1.29, 1.82) is 0 Å². The highest BCUT2D eigenvalue weighted by Gasteiger charge is 2.67. The van der Waals surface area contributed by atoms with Gasteiger partial charge in [-0.15, -0.1) is 0 Å². The number of urea groups is 1. The molecule has 4 atom stereocenters. The molecule has 29 heavy (non-hydrogen) atoms. The van der Waals surface area contributed by atoms with Gasteiger partial charge in [-0.2, -0.15) is 0 Å². The molecule has 0 radical (unpaired) electrons. The molecule has 1 saturated carbocycles. The van der Waals surface area contributed by atoms with Crippen LogP contribution in [0, 0.1) is 6.92 Å². The smallest absolute Gasteiger partial charge is 0.325 e. The molecule has 0 bridgehead atoms. The van der Waals surface area contributed by atoms with Crippen LogP contribution in [0.15, 0.2) is 18.2 Å². The Morgan fingerprint density at radius 3 is 2.62 bits per heavy atom. The third kappa shape index (κ3) is 2.56. The Balaban J connectivity index is 1.90. The molecule has 0 unspecified atom stereocenters. The predicted octanol–water partition coefficient (Wildman–Crippen LogP) is 1.89. The molecule has 7 heteroatoms. The number of likely N-dealkylation sites (tertiary alicyclic amines) is 1. The lowest BCUT2D eigenvalue weighted by molar-refractivity contribution is -0.168. The molecular formula is C22H31N3O4. The highest BCUT2D eigenvalue weighted by molar-refractivity contribution is 6.07. The van der Waals surface area contributed by atoms with E-state index < -0.39 is 16.6 Å². The number of rotatable bonds is 2. The number of aromatic hydroxyl groups is 1. The van der Waals surface area contributed by atoms with E-state index in [0.717, 1.165) is 17.7 Å². The number of phenols is 1. The minimum atomic E-state index is -1.07. The first-order valence-electron chi connectivity index (χ1n) is 10.5. The maximum atomic E-state index is 13.3. The van der Waals surface area contributed by atoms with Crippen LogP contribution in [-0.2, 0) is 10.2 Å². The summed E-state index contributed by atoms with van der Waals surface area (Å²) in [5, 5.41) is 25.3. The number of aliphatic hydroxyl groups is 1. The van der Waals surface area contributed by atoms with Gasteiger partial charge in [-0.1, -0.05) is 6.07 Å². The number of amides is 3. The van der Waals surface area contributed by atoms with Gasteiger partial charge in [0.1, 0.15) is 11.3 Å². The van der Waals surface area contributed by atoms with Crippen molar-refractivity contribution in [2.45, 2.75) is 69.1 Å². The number of likely N-dealkylation sites (N-methyl/N-ethyl adjacent to an activating group) is 2. The van der Waals surface area contributed by atoms with Gasteiger partial charge in [0, 0.05) is 18.0 Å². The Hall–Kier alpha value is -2.12. The number of fused-ring (bicyclic) bond motifs is 1. The minimum Gasteiger partial charge on any atom is -0.508 e. The van der Waals surface area contributed by atoms with Crippen molar-refractivity contribution in [3.63, 3.8) is 0 Å². The van der Waals surface area contributed by atoms with Crippen LogP contribution >= 0.6 is 0 Å². The number of phenolic OH excluding ortho intramolecular Hbond substituents is 1. The second kappa shape index (κ2) is 6.44. The summed E-state index contributed by atoms with van der Waals surface area (Å²) in [5.74, 6) is -0.0543. The normalized spacial score (nSPS) is 37.7. The second-order valence-corrected chi connectivity index (χ2v) is 9.15. The summed E-state index contributed by atoms with van der Waals surface area (Å²) >= 11 is 0. The molecule has 1 aliphatic carbocycles. The largest absolute Gasteiger partial charge is 0.508 e. The molecule has 0 aromatic heterocycles. The number of piperidine rings is 1. The van der Waals surface area contributed by atoms with Gasteiger partial charge in [-0.05, 0) is 83.3 Å². The highest BCUT2D eigenvalue weighted by Crippen LogP contribution is 2.58. The lowest BCUT2D eigenvalue weighted by Crippen LogP contribution is -2.73. The Morgan fingerprint density at radius 2 is 1.97 bits per heavy atom. The first-order valence-corrected chi connectivity index (χ1v) is 10.5. The monoisotopic (exact) mass is 401 g/mol. The second-order valence-electron chi connectivity index (χ2n) is 9.15. The summed E-state index contributed by atoms with van der Waals surface area (Å²) in [5.41, 5.74) is -0.983. The number of hydrogen-bond acceptors (Lipinski definition) is 5. The molecule has 2 saturated heterocycles. The molecule has 4 rings (SSSR count). The van der Waals surface area contributed by atoms with Gasteiger partial charge in [-0.25, -0.2) is 4.79 Å². The number of hydrogen-bond donors (Lipinski definition) is 3.